The highest BCUT2D eigenvalue weighted by Crippen LogP contribution is 2.40. The van der Waals surface area contributed by atoms with Gasteiger partial charge in [0.05, 0.1) is 16.0 Å². The molecule has 2 heterocycles. The van der Waals surface area contributed by atoms with Crippen LogP contribution in [0.4, 0.5) is 0 Å². The Morgan fingerprint density at radius 3 is 2.46 bits per heavy atom. The smallest absolute Gasteiger partial charge is 0.285 e. The first-order valence-corrected chi connectivity index (χ1v) is 13.4. The maximum absolute atomic E-state index is 13.2. The Balaban J connectivity index is 1.62. The molecule has 3 aromatic rings. The average Bonchev–Trinajstić information content (AvgIpc) is 3.25. The van der Waals surface area contributed by atoms with E-state index < -0.39 is 0 Å². The summed E-state index contributed by atoms with van der Waals surface area (Å²) < 4.78 is 14.9. The van der Waals surface area contributed by atoms with Crippen molar-refractivity contribution in [2.24, 2.45) is 0 Å². The number of ether oxygens (including phenoxy) is 2. The molecule has 0 radical (unpaired) electrons. The molecule has 1 amide bonds. The molecule has 1 aliphatic rings. The van der Waals surface area contributed by atoms with E-state index in [2.05, 4.69) is 15.9 Å². The van der Waals surface area contributed by atoms with Crippen molar-refractivity contribution in [2.75, 3.05) is 11.6 Å². The summed E-state index contributed by atoms with van der Waals surface area (Å²) in [6.07, 6.45) is 1.81. The van der Waals surface area contributed by atoms with Crippen molar-refractivity contribution in [3.8, 4) is 11.5 Å². The van der Waals surface area contributed by atoms with Crippen molar-refractivity contribution in [2.45, 2.75) is 27.4 Å². The molecular weight excluding hydrogens is 591 g/mol. The summed E-state index contributed by atoms with van der Waals surface area (Å²) in [5.74, 6) is 0.918. The van der Waals surface area contributed by atoms with Crippen molar-refractivity contribution in [3.63, 3.8) is 0 Å². The summed E-state index contributed by atoms with van der Waals surface area (Å²) in [5, 5.41) is 2.62. The second-order valence-electron chi connectivity index (χ2n) is 7.71. The van der Waals surface area contributed by atoms with Crippen LogP contribution in [0.15, 0.2) is 51.8 Å². The fourth-order valence-corrected chi connectivity index (χ4v) is 5.90. The summed E-state index contributed by atoms with van der Waals surface area (Å²) >= 11 is 22.7. The molecule has 1 aliphatic heterocycles. The SMILES string of the molecule is CCOc1cc(/C=C2\SC(=S)N(n3c(C)ccc3C)C2=O)cc(Br)c1OCc1ccc(Cl)cc1Cl. The number of carbonyl (C=O) groups excluding carboxylic acids is 1. The molecule has 0 saturated carbocycles. The normalized spacial score (nSPS) is 14.8. The summed E-state index contributed by atoms with van der Waals surface area (Å²) in [6, 6.07) is 12.9. The van der Waals surface area contributed by atoms with Crippen LogP contribution in [0.25, 0.3) is 6.08 Å². The number of carbonyl (C=O) groups is 1. The largest absolute Gasteiger partial charge is 0.490 e. The van der Waals surface area contributed by atoms with E-state index in [1.807, 2.05) is 55.8 Å². The van der Waals surface area contributed by atoms with Crippen molar-refractivity contribution in [1.82, 2.24) is 4.68 Å². The third-order valence-electron chi connectivity index (χ3n) is 5.22. The maximum atomic E-state index is 13.2. The fourth-order valence-electron chi connectivity index (χ4n) is 3.62. The summed E-state index contributed by atoms with van der Waals surface area (Å²) in [5.41, 5.74) is 3.44. The number of thioether (sulfide) groups is 1. The Morgan fingerprint density at radius 2 is 1.80 bits per heavy atom. The number of thiocarbonyl (C=S) groups is 1. The van der Waals surface area contributed by atoms with E-state index in [0.717, 1.165) is 22.5 Å². The van der Waals surface area contributed by atoms with Crippen LogP contribution < -0.4 is 14.5 Å². The number of benzene rings is 2. The minimum Gasteiger partial charge on any atom is -0.490 e. The summed E-state index contributed by atoms with van der Waals surface area (Å²) in [4.78, 5) is 13.8. The van der Waals surface area contributed by atoms with Gasteiger partial charge in [-0.1, -0.05) is 41.0 Å². The molecule has 0 unspecified atom stereocenters. The van der Waals surface area contributed by atoms with Gasteiger partial charge in [-0.25, -0.2) is 0 Å². The van der Waals surface area contributed by atoms with Crippen LogP contribution >= 0.6 is 63.1 Å². The Bertz CT molecular complexity index is 1340. The van der Waals surface area contributed by atoms with Gasteiger partial charge in [0.25, 0.3) is 5.91 Å². The second-order valence-corrected chi connectivity index (χ2v) is 11.1. The van der Waals surface area contributed by atoms with Crippen molar-refractivity contribution < 1.29 is 14.3 Å². The quantitative estimate of drug-likeness (QED) is 0.202. The van der Waals surface area contributed by atoms with Crippen LogP contribution in [-0.4, -0.2) is 21.5 Å². The van der Waals surface area contributed by atoms with Gasteiger partial charge in [0.15, 0.2) is 15.8 Å². The molecule has 1 fully saturated rings. The lowest BCUT2D eigenvalue weighted by Crippen LogP contribution is -2.39. The van der Waals surface area contributed by atoms with Gasteiger partial charge in [-0.2, -0.15) is 5.01 Å². The molecule has 0 N–H and O–H groups in total. The zero-order valence-electron chi connectivity index (χ0n) is 19.1. The standard InChI is InChI=1S/C25H21BrCl2N2O3S2/c1-4-32-21-10-16(9-19(26)23(21)33-13-17-7-8-18(27)12-20(17)28)11-22-24(31)30(25(34)35-22)29-14(2)5-6-15(29)3/h5-12H,4,13H2,1-3H3/b22-11-. The zero-order chi connectivity index (χ0) is 25.3. The second kappa shape index (κ2) is 11.0. The number of rotatable bonds is 7. The molecular formula is C25H21BrCl2N2O3S2. The molecule has 1 aromatic heterocycles. The van der Waals surface area contributed by atoms with Gasteiger partial charge in [-0.3, -0.25) is 9.47 Å². The Hall–Kier alpha value is -1.97. The number of aryl methyl sites for hydroxylation is 2. The van der Waals surface area contributed by atoms with Crippen LogP contribution in [0.5, 0.6) is 11.5 Å². The Morgan fingerprint density at radius 1 is 1.09 bits per heavy atom. The van der Waals surface area contributed by atoms with Gasteiger partial charge in [-0.15, -0.1) is 0 Å². The minimum atomic E-state index is -0.172. The van der Waals surface area contributed by atoms with Crippen LogP contribution in [0.2, 0.25) is 10.0 Å². The first kappa shape index (κ1) is 26.1. The lowest BCUT2D eigenvalue weighted by molar-refractivity contribution is -0.114. The predicted octanol–water partition coefficient (Wildman–Crippen LogP) is 7.69. The molecule has 4 rings (SSSR count). The molecule has 35 heavy (non-hydrogen) atoms. The Labute approximate surface area is 232 Å². The van der Waals surface area contributed by atoms with Crippen LogP contribution in [-0.2, 0) is 11.4 Å². The van der Waals surface area contributed by atoms with E-state index in [9.17, 15) is 4.79 Å². The summed E-state index contributed by atoms with van der Waals surface area (Å²) in [6.45, 7) is 6.46. The van der Waals surface area contributed by atoms with Gasteiger partial charge >= 0.3 is 0 Å². The van der Waals surface area contributed by atoms with Gasteiger partial charge in [0.2, 0.25) is 0 Å². The average molecular weight is 612 g/mol. The lowest BCUT2D eigenvalue weighted by atomic mass is 10.1. The zero-order valence-corrected chi connectivity index (χ0v) is 23.8. The summed E-state index contributed by atoms with van der Waals surface area (Å²) in [7, 11) is 0. The van der Waals surface area contributed by atoms with E-state index in [4.69, 9.17) is 44.9 Å². The molecule has 0 atom stereocenters. The first-order valence-electron chi connectivity index (χ1n) is 10.7. The number of nitrogens with zero attached hydrogens (tertiary/aromatic N) is 2. The van der Waals surface area contributed by atoms with E-state index in [1.165, 1.54) is 16.8 Å². The number of hydrogen-bond donors (Lipinski definition) is 0. The van der Waals surface area contributed by atoms with Gasteiger partial charge in [0.1, 0.15) is 6.61 Å². The molecule has 2 aromatic carbocycles. The number of amides is 1. The van der Waals surface area contributed by atoms with Gasteiger partial charge < -0.3 is 9.47 Å². The third-order valence-corrected chi connectivity index (χ3v) is 7.68. The highest BCUT2D eigenvalue weighted by atomic mass is 79.9. The van der Waals surface area contributed by atoms with Crippen LogP contribution in [0.3, 0.4) is 0 Å². The van der Waals surface area contributed by atoms with Crippen molar-refractivity contribution in [3.05, 3.63) is 84.4 Å². The van der Waals surface area contributed by atoms with E-state index >= 15 is 0 Å². The van der Waals surface area contributed by atoms with Crippen molar-refractivity contribution >= 4 is 79.4 Å². The first-order chi connectivity index (χ1) is 16.7. The monoisotopic (exact) mass is 610 g/mol. The molecule has 182 valence electrons. The highest BCUT2D eigenvalue weighted by molar-refractivity contribution is 9.10. The minimum absolute atomic E-state index is 0.172. The van der Waals surface area contributed by atoms with Crippen LogP contribution in [0, 0.1) is 13.8 Å². The molecule has 5 nitrogen and oxygen atoms in total. The molecule has 0 spiro atoms. The number of hydrogen-bond acceptors (Lipinski definition) is 5. The maximum Gasteiger partial charge on any atom is 0.285 e. The highest BCUT2D eigenvalue weighted by Gasteiger charge is 2.34. The number of halogens is 3. The van der Waals surface area contributed by atoms with Gasteiger partial charge in [-0.05, 0) is 97.0 Å². The third kappa shape index (κ3) is 5.57. The molecule has 1 saturated heterocycles. The number of aromatic nitrogens is 1. The van der Waals surface area contributed by atoms with E-state index in [-0.39, 0.29) is 12.5 Å². The topological polar surface area (TPSA) is 43.7 Å². The Kier molecular flexibility index (Phi) is 8.18. The van der Waals surface area contributed by atoms with Crippen molar-refractivity contribution in [1.29, 1.82) is 0 Å². The predicted molar refractivity (Wildman–Crippen MR) is 151 cm³/mol. The lowest BCUT2D eigenvalue weighted by Gasteiger charge is -2.20. The van der Waals surface area contributed by atoms with Gasteiger partial charge in [0, 0.05) is 27.0 Å². The van der Waals surface area contributed by atoms with E-state index in [1.54, 1.807) is 18.2 Å². The fraction of sp³-hybridized carbons (Fsp3) is 0.200. The molecule has 0 bridgehead atoms. The molecule has 10 heteroatoms. The van der Waals surface area contributed by atoms with Crippen LogP contribution in [0.1, 0.15) is 29.4 Å². The van der Waals surface area contributed by atoms with E-state index in [0.29, 0.717) is 41.8 Å². The molecule has 0 aliphatic carbocycles.